The van der Waals surface area contributed by atoms with Crippen LogP contribution in [0.3, 0.4) is 0 Å². The minimum atomic E-state index is -0.152. The molecule has 96 valence electrons. The number of nitrogens with two attached hydrogens (primary N) is 1. The molecule has 0 radical (unpaired) electrons. The van der Waals surface area contributed by atoms with Gasteiger partial charge in [0.1, 0.15) is 0 Å². The van der Waals surface area contributed by atoms with Crippen molar-refractivity contribution in [3.05, 3.63) is 29.3 Å². The number of hydrogen-bond donors (Lipinski definition) is 2. The summed E-state index contributed by atoms with van der Waals surface area (Å²) in [5.41, 5.74) is 9.16. The first-order chi connectivity index (χ1) is 7.86. The quantitative estimate of drug-likeness (QED) is 0.582. The molecule has 0 aliphatic carbocycles. The van der Waals surface area contributed by atoms with Gasteiger partial charge in [0.2, 0.25) is 0 Å². The molecule has 0 spiro atoms. The third kappa shape index (κ3) is 4.22. The first kappa shape index (κ1) is 15.7. The predicted molar refractivity (Wildman–Crippen MR) is 77.9 cm³/mol. The highest BCUT2D eigenvalue weighted by molar-refractivity contribution is 6.05. The van der Waals surface area contributed by atoms with E-state index in [0.29, 0.717) is 11.4 Å². The second-order valence-electron chi connectivity index (χ2n) is 4.90. The highest BCUT2D eigenvalue weighted by Gasteiger charge is 2.20. The van der Waals surface area contributed by atoms with Crippen molar-refractivity contribution in [1.82, 2.24) is 0 Å². The zero-order chi connectivity index (χ0) is 13.6. The van der Waals surface area contributed by atoms with E-state index in [9.17, 15) is 0 Å². The van der Waals surface area contributed by atoms with Crippen molar-refractivity contribution in [2.45, 2.75) is 48.0 Å². The molecule has 2 heteroatoms. The molecule has 0 saturated carbocycles. The molecule has 17 heavy (non-hydrogen) atoms. The summed E-state index contributed by atoms with van der Waals surface area (Å²) in [6, 6.07) is 5.95. The number of rotatable bonds is 2. The van der Waals surface area contributed by atoms with Crippen LogP contribution in [0.25, 0.3) is 0 Å². The maximum Gasteiger partial charge on any atom is 0.0460 e. The lowest BCUT2D eigenvalue weighted by Crippen LogP contribution is -2.21. The Morgan fingerprint density at radius 1 is 1.24 bits per heavy atom. The average molecular weight is 234 g/mol. The van der Waals surface area contributed by atoms with Crippen molar-refractivity contribution < 1.29 is 0 Å². The summed E-state index contributed by atoms with van der Waals surface area (Å²) in [5, 5.41) is 8.11. The molecule has 0 aliphatic heterocycles. The van der Waals surface area contributed by atoms with Crippen LogP contribution in [0.2, 0.25) is 0 Å². The van der Waals surface area contributed by atoms with Crippen LogP contribution < -0.4 is 5.73 Å². The van der Waals surface area contributed by atoms with Crippen LogP contribution >= 0.6 is 0 Å². The van der Waals surface area contributed by atoms with E-state index in [1.54, 1.807) is 0 Å². The lowest BCUT2D eigenvalue weighted by atomic mass is 9.84. The second kappa shape index (κ2) is 6.43. The summed E-state index contributed by atoms with van der Waals surface area (Å²) in [4.78, 5) is 0. The molecule has 0 bridgehead atoms. The molecule has 1 aromatic rings. The molecule has 0 fully saturated rings. The predicted octanol–water partition coefficient (Wildman–Crippen LogP) is 4.27. The highest BCUT2D eigenvalue weighted by atomic mass is 14.6. The summed E-state index contributed by atoms with van der Waals surface area (Å²) in [6.45, 7) is 12.2. The molecule has 3 N–H and O–H groups in total. The van der Waals surface area contributed by atoms with Crippen LogP contribution in [0, 0.1) is 10.8 Å². The van der Waals surface area contributed by atoms with Gasteiger partial charge in [0, 0.05) is 22.4 Å². The monoisotopic (exact) mass is 234 g/mol. The number of nitrogens with one attached hydrogen (secondary N) is 1. The molecule has 0 atom stereocenters. The first-order valence-corrected chi connectivity index (χ1v) is 6.34. The van der Waals surface area contributed by atoms with Crippen molar-refractivity contribution in [2.24, 2.45) is 5.41 Å². The fourth-order valence-electron chi connectivity index (χ4n) is 1.44. The Hall–Kier alpha value is -1.31. The van der Waals surface area contributed by atoms with Crippen LogP contribution in [0.1, 0.15) is 52.7 Å². The third-order valence-corrected chi connectivity index (χ3v) is 2.55. The molecule has 2 nitrogen and oxygen atoms in total. The van der Waals surface area contributed by atoms with Gasteiger partial charge in [0.25, 0.3) is 0 Å². The van der Waals surface area contributed by atoms with Crippen LogP contribution in [-0.2, 0) is 6.42 Å². The zero-order valence-electron chi connectivity index (χ0n) is 12.0. The Bertz CT molecular complexity index is 373. The van der Waals surface area contributed by atoms with Gasteiger partial charge < -0.3 is 11.1 Å². The number of nitrogen functional groups attached to an aromatic ring is 1. The van der Waals surface area contributed by atoms with E-state index in [4.69, 9.17) is 11.1 Å². The Morgan fingerprint density at radius 2 is 1.76 bits per heavy atom. The average Bonchev–Trinajstić information content (AvgIpc) is 2.30. The highest BCUT2D eigenvalue weighted by Crippen LogP contribution is 2.25. The maximum absolute atomic E-state index is 8.11. The number of hydrogen-bond acceptors (Lipinski definition) is 2. The molecule has 0 heterocycles. The second-order valence-corrected chi connectivity index (χ2v) is 4.90. The van der Waals surface area contributed by atoms with Crippen molar-refractivity contribution in [2.75, 3.05) is 5.73 Å². The van der Waals surface area contributed by atoms with Gasteiger partial charge in [-0.05, 0) is 24.1 Å². The van der Waals surface area contributed by atoms with Gasteiger partial charge in [-0.3, -0.25) is 0 Å². The smallest absolute Gasteiger partial charge is 0.0460 e. The summed E-state index contributed by atoms with van der Waals surface area (Å²) in [5.74, 6) is 0. The van der Waals surface area contributed by atoms with E-state index in [2.05, 4.69) is 6.92 Å². The first-order valence-electron chi connectivity index (χ1n) is 6.34. The topological polar surface area (TPSA) is 49.9 Å². The van der Waals surface area contributed by atoms with Gasteiger partial charge in [-0.25, -0.2) is 0 Å². The Morgan fingerprint density at radius 3 is 2.18 bits per heavy atom. The molecule has 0 amide bonds. The Kier molecular flexibility index (Phi) is 5.94. The van der Waals surface area contributed by atoms with E-state index < -0.39 is 0 Å². The summed E-state index contributed by atoms with van der Waals surface area (Å²) in [7, 11) is 0. The maximum atomic E-state index is 8.11. The van der Waals surface area contributed by atoms with Crippen LogP contribution in [0.15, 0.2) is 18.2 Å². The molecule has 0 aliphatic rings. The fraction of sp³-hybridized carbons (Fsp3) is 0.533. The van der Waals surface area contributed by atoms with E-state index in [1.165, 1.54) is 5.56 Å². The normalized spacial score (nSPS) is 10.5. The molecule has 1 aromatic carbocycles. The van der Waals surface area contributed by atoms with E-state index in [0.717, 1.165) is 12.0 Å². The standard InChI is InChI=1S/C13H20N2.C2H6/c1-5-9-6-7-11(14)10(8-9)12(15)13(2,3)4;1-2/h6-8,15H,5,14H2,1-4H3;1-2H3. The van der Waals surface area contributed by atoms with Crippen molar-refractivity contribution in [1.29, 1.82) is 5.41 Å². The third-order valence-electron chi connectivity index (χ3n) is 2.55. The lowest BCUT2D eigenvalue weighted by Gasteiger charge is -2.21. The Balaban J connectivity index is 0.00000121. The van der Waals surface area contributed by atoms with Crippen LogP contribution in [0.5, 0.6) is 0 Å². The largest absolute Gasteiger partial charge is 0.398 e. The van der Waals surface area contributed by atoms with E-state index in [-0.39, 0.29) is 5.41 Å². The van der Waals surface area contributed by atoms with E-state index >= 15 is 0 Å². The van der Waals surface area contributed by atoms with Crippen molar-refractivity contribution in [3.63, 3.8) is 0 Å². The zero-order valence-corrected chi connectivity index (χ0v) is 12.0. The van der Waals surface area contributed by atoms with Gasteiger partial charge in [0.05, 0.1) is 0 Å². The minimum absolute atomic E-state index is 0.152. The molecular formula is C15H26N2. The summed E-state index contributed by atoms with van der Waals surface area (Å²) >= 11 is 0. The van der Waals surface area contributed by atoms with Crippen LogP contribution in [-0.4, -0.2) is 5.71 Å². The molecule has 0 aromatic heterocycles. The molecule has 1 rings (SSSR count). The van der Waals surface area contributed by atoms with Gasteiger partial charge >= 0.3 is 0 Å². The van der Waals surface area contributed by atoms with Crippen LogP contribution in [0.4, 0.5) is 5.69 Å². The van der Waals surface area contributed by atoms with Gasteiger partial charge in [-0.2, -0.15) is 0 Å². The number of aryl methyl sites for hydroxylation is 1. The fourth-order valence-corrected chi connectivity index (χ4v) is 1.44. The molecule has 0 unspecified atom stereocenters. The minimum Gasteiger partial charge on any atom is -0.398 e. The SMILES string of the molecule is CC.CCc1ccc(N)c(C(=N)C(C)(C)C)c1. The molecule has 0 saturated heterocycles. The van der Waals surface area contributed by atoms with Crippen molar-refractivity contribution in [3.8, 4) is 0 Å². The van der Waals surface area contributed by atoms with Crippen molar-refractivity contribution >= 4 is 11.4 Å². The Labute approximate surface area is 106 Å². The number of benzene rings is 1. The van der Waals surface area contributed by atoms with Gasteiger partial charge in [0.15, 0.2) is 0 Å². The number of anilines is 1. The van der Waals surface area contributed by atoms with Gasteiger partial charge in [-0.15, -0.1) is 0 Å². The van der Waals surface area contributed by atoms with E-state index in [1.807, 2.05) is 52.8 Å². The summed E-state index contributed by atoms with van der Waals surface area (Å²) < 4.78 is 0. The van der Waals surface area contributed by atoms with Gasteiger partial charge in [-0.1, -0.05) is 47.6 Å². The lowest BCUT2D eigenvalue weighted by molar-refractivity contribution is 0.588. The summed E-state index contributed by atoms with van der Waals surface area (Å²) in [6.07, 6.45) is 0.977. The molecular weight excluding hydrogens is 208 g/mol.